The number of nitrogens with zero attached hydrogens (tertiary/aromatic N) is 4. The van der Waals surface area contributed by atoms with Gasteiger partial charge in [-0.05, 0) is 26.7 Å². The van der Waals surface area contributed by atoms with Gasteiger partial charge >= 0.3 is 0 Å². The van der Waals surface area contributed by atoms with Crippen molar-refractivity contribution in [3.8, 4) is 6.07 Å². The van der Waals surface area contributed by atoms with Gasteiger partial charge in [0.05, 0.1) is 12.0 Å². The molecule has 0 aliphatic heterocycles. The van der Waals surface area contributed by atoms with Crippen LogP contribution >= 0.6 is 11.6 Å². The Morgan fingerprint density at radius 2 is 2.28 bits per heavy atom. The van der Waals surface area contributed by atoms with Crippen LogP contribution in [0, 0.1) is 17.2 Å². The van der Waals surface area contributed by atoms with Gasteiger partial charge in [-0.15, -0.1) is 0 Å². The smallest absolute Gasteiger partial charge is 0.135 e. The lowest BCUT2D eigenvalue weighted by atomic mass is 10.2. The molecule has 18 heavy (non-hydrogen) atoms. The monoisotopic (exact) mass is 264 g/mol. The molecule has 1 fully saturated rings. The van der Waals surface area contributed by atoms with Crippen LogP contribution in [0.3, 0.4) is 0 Å². The van der Waals surface area contributed by atoms with E-state index in [0.717, 1.165) is 31.0 Å². The van der Waals surface area contributed by atoms with E-state index in [4.69, 9.17) is 16.9 Å². The lowest BCUT2D eigenvalue weighted by Gasteiger charge is -2.23. The fraction of sp³-hybridized carbons (Fsp3) is 0.615. The molecule has 4 nitrogen and oxygen atoms in total. The molecular weight excluding hydrogens is 248 g/mol. The van der Waals surface area contributed by atoms with Gasteiger partial charge in [-0.25, -0.2) is 9.97 Å². The zero-order valence-corrected chi connectivity index (χ0v) is 11.5. The van der Waals surface area contributed by atoms with E-state index < -0.39 is 0 Å². The van der Waals surface area contributed by atoms with E-state index in [0.29, 0.717) is 17.6 Å². The molecule has 1 aromatic rings. The second-order valence-electron chi connectivity index (χ2n) is 4.75. The Bertz CT molecular complexity index is 465. The molecule has 1 heterocycles. The lowest BCUT2D eigenvalue weighted by Crippen LogP contribution is -2.29. The van der Waals surface area contributed by atoms with Crippen molar-refractivity contribution >= 4 is 17.4 Å². The van der Waals surface area contributed by atoms with Crippen molar-refractivity contribution < 1.29 is 0 Å². The highest BCUT2D eigenvalue weighted by Crippen LogP contribution is 2.39. The highest BCUT2D eigenvalue weighted by atomic mass is 35.5. The van der Waals surface area contributed by atoms with Crippen LogP contribution in [0.4, 0.5) is 5.82 Å². The van der Waals surface area contributed by atoms with Crippen molar-refractivity contribution in [3.05, 3.63) is 17.0 Å². The molecule has 1 aromatic heterocycles. The normalized spacial score (nSPS) is 16.1. The minimum Gasteiger partial charge on any atom is -0.355 e. The molecule has 0 bridgehead atoms. The van der Waals surface area contributed by atoms with E-state index >= 15 is 0 Å². The zero-order valence-electron chi connectivity index (χ0n) is 10.7. The van der Waals surface area contributed by atoms with Gasteiger partial charge in [0.1, 0.15) is 16.8 Å². The number of halogens is 1. The molecule has 96 valence electrons. The molecule has 0 radical (unpaired) electrons. The van der Waals surface area contributed by atoms with Gasteiger partial charge in [-0.2, -0.15) is 5.26 Å². The van der Waals surface area contributed by atoms with E-state index in [1.54, 1.807) is 6.07 Å². The van der Waals surface area contributed by atoms with Crippen LogP contribution in [0.25, 0.3) is 0 Å². The van der Waals surface area contributed by atoms with Crippen molar-refractivity contribution in [2.75, 3.05) is 18.0 Å². The van der Waals surface area contributed by atoms with Crippen molar-refractivity contribution in [3.63, 3.8) is 0 Å². The number of rotatable bonds is 5. The van der Waals surface area contributed by atoms with E-state index in [2.05, 4.69) is 27.9 Å². The van der Waals surface area contributed by atoms with Gasteiger partial charge in [0, 0.05) is 25.1 Å². The van der Waals surface area contributed by atoms with Crippen LogP contribution in [-0.4, -0.2) is 23.1 Å². The maximum Gasteiger partial charge on any atom is 0.135 e. The Balaban J connectivity index is 2.21. The van der Waals surface area contributed by atoms with Gasteiger partial charge < -0.3 is 4.90 Å². The minimum absolute atomic E-state index is 0.0249. The first-order chi connectivity index (χ1) is 8.63. The Morgan fingerprint density at radius 3 is 2.83 bits per heavy atom. The van der Waals surface area contributed by atoms with Gasteiger partial charge in [0.25, 0.3) is 0 Å². The molecule has 1 aliphatic carbocycles. The predicted octanol–water partition coefficient (Wildman–Crippen LogP) is 2.99. The third-order valence-electron chi connectivity index (χ3n) is 3.06. The molecular formula is C13H17ClN4. The number of hydrogen-bond acceptors (Lipinski definition) is 4. The second-order valence-corrected chi connectivity index (χ2v) is 5.14. The van der Waals surface area contributed by atoms with Crippen LogP contribution < -0.4 is 4.90 Å². The Hall–Kier alpha value is -1.34. The number of anilines is 1. The van der Waals surface area contributed by atoms with Crippen LogP contribution in [0.1, 0.15) is 38.4 Å². The summed E-state index contributed by atoms with van der Waals surface area (Å²) in [6.45, 7) is 5.44. The topological polar surface area (TPSA) is 52.8 Å². The SMILES string of the molecule is CCN(CC(C)C#N)c1cc(Cl)nc(C2CC2)n1. The molecule has 2 rings (SSSR count). The summed E-state index contributed by atoms with van der Waals surface area (Å²) in [6, 6.07) is 4.02. The number of nitriles is 1. The van der Waals surface area contributed by atoms with E-state index in [1.807, 2.05) is 6.92 Å². The maximum atomic E-state index is 8.90. The van der Waals surface area contributed by atoms with Gasteiger partial charge in [-0.3, -0.25) is 0 Å². The summed E-state index contributed by atoms with van der Waals surface area (Å²) >= 11 is 6.05. The van der Waals surface area contributed by atoms with Crippen molar-refractivity contribution in [2.45, 2.75) is 32.6 Å². The first-order valence-corrected chi connectivity index (χ1v) is 6.70. The average Bonchev–Trinajstić information content (AvgIpc) is 3.18. The third-order valence-corrected chi connectivity index (χ3v) is 3.26. The first kappa shape index (κ1) is 13.1. The first-order valence-electron chi connectivity index (χ1n) is 6.33. The Labute approximate surface area is 113 Å². The fourth-order valence-corrected chi connectivity index (χ4v) is 2.05. The van der Waals surface area contributed by atoms with Crippen LogP contribution in [0.5, 0.6) is 0 Å². The Morgan fingerprint density at radius 1 is 1.56 bits per heavy atom. The number of aromatic nitrogens is 2. The van der Waals surface area contributed by atoms with E-state index in [-0.39, 0.29) is 5.92 Å². The van der Waals surface area contributed by atoms with Crippen molar-refractivity contribution in [1.82, 2.24) is 9.97 Å². The molecule has 5 heteroatoms. The standard InChI is InChI=1S/C13H17ClN4/c1-3-18(8-9(2)7-15)12-6-11(14)16-13(17-12)10-4-5-10/h6,9-10H,3-5,8H2,1-2H3. The molecule has 0 saturated heterocycles. The molecule has 1 aliphatic rings. The average molecular weight is 265 g/mol. The summed E-state index contributed by atoms with van der Waals surface area (Å²) < 4.78 is 0. The molecule has 0 aromatic carbocycles. The molecule has 0 N–H and O–H groups in total. The zero-order chi connectivity index (χ0) is 13.1. The molecule has 1 saturated carbocycles. The van der Waals surface area contributed by atoms with Gasteiger partial charge in [0.15, 0.2) is 0 Å². The highest BCUT2D eigenvalue weighted by Gasteiger charge is 2.27. The summed E-state index contributed by atoms with van der Waals surface area (Å²) in [6.07, 6.45) is 2.31. The van der Waals surface area contributed by atoms with Crippen molar-refractivity contribution in [2.24, 2.45) is 5.92 Å². The largest absolute Gasteiger partial charge is 0.355 e. The second kappa shape index (κ2) is 5.53. The number of hydrogen-bond donors (Lipinski definition) is 0. The predicted molar refractivity (Wildman–Crippen MR) is 71.7 cm³/mol. The molecule has 0 spiro atoms. The molecule has 1 atom stereocenters. The Kier molecular flexibility index (Phi) is 4.03. The van der Waals surface area contributed by atoms with Crippen LogP contribution in [-0.2, 0) is 0 Å². The molecule has 1 unspecified atom stereocenters. The molecule has 0 amide bonds. The maximum absolute atomic E-state index is 8.90. The van der Waals surface area contributed by atoms with Gasteiger partial charge in [0.2, 0.25) is 0 Å². The summed E-state index contributed by atoms with van der Waals surface area (Å²) in [5, 5.41) is 9.39. The lowest BCUT2D eigenvalue weighted by molar-refractivity contribution is 0.676. The summed E-state index contributed by atoms with van der Waals surface area (Å²) in [5.41, 5.74) is 0. The fourth-order valence-electron chi connectivity index (χ4n) is 1.87. The summed E-state index contributed by atoms with van der Waals surface area (Å²) in [7, 11) is 0. The van der Waals surface area contributed by atoms with Crippen LogP contribution in [0.15, 0.2) is 6.07 Å². The third kappa shape index (κ3) is 3.11. The summed E-state index contributed by atoms with van der Waals surface area (Å²) in [5.74, 6) is 2.14. The minimum atomic E-state index is -0.0249. The van der Waals surface area contributed by atoms with E-state index in [1.165, 1.54) is 0 Å². The highest BCUT2D eigenvalue weighted by molar-refractivity contribution is 6.29. The van der Waals surface area contributed by atoms with Crippen LogP contribution in [0.2, 0.25) is 5.15 Å². The van der Waals surface area contributed by atoms with Crippen molar-refractivity contribution in [1.29, 1.82) is 5.26 Å². The summed E-state index contributed by atoms with van der Waals surface area (Å²) in [4.78, 5) is 10.9. The quantitative estimate of drug-likeness (QED) is 0.767. The van der Waals surface area contributed by atoms with Gasteiger partial charge in [-0.1, -0.05) is 11.6 Å². The van der Waals surface area contributed by atoms with E-state index in [9.17, 15) is 0 Å².